The van der Waals surface area contributed by atoms with Crippen LogP contribution in [0.4, 0.5) is 0 Å². The molecule has 3 aromatic rings. The Bertz CT molecular complexity index is 873. The summed E-state index contributed by atoms with van der Waals surface area (Å²) < 4.78 is 5.26. The summed E-state index contributed by atoms with van der Waals surface area (Å²) in [5.74, 6) is 0.878. The van der Waals surface area contributed by atoms with Gasteiger partial charge in [-0.15, -0.1) is 0 Å². The molecule has 1 heterocycles. The summed E-state index contributed by atoms with van der Waals surface area (Å²) in [5.41, 5.74) is 4.87. The monoisotopic (exact) mass is 342 g/mol. The molecule has 0 aliphatic carbocycles. The second-order valence-corrected chi connectivity index (χ2v) is 6.49. The molecular formula is C23H22N2O. The van der Waals surface area contributed by atoms with Crippen molar-refractivity contribution < 1.29 is 4.74 Å². The van der Waals surface area contributed by atoms with Gasteiger partial charge < -0.3 is 4.74 Å². The molecule has 130 valence electrons. The summed E-state index contributed by atoms with van der Waals surface area (Å²) >= 11 is 0. The van der Waals surface area contributed by atoms with E-state index in [0.717, 1.165) is 24.4 Å². The Hall–Kier alpha value is -3.07. The molecular weight excluding hydrogens is 320 g/mol. The van der Waals surface area contributed by atoms with Crippen LogP contribution < -0.4 is 4.74 Å². The lowest BCUT2D eigenvalue weighted by Gasteiger charge is -2.24. The van der Waals surface area contributed by atoms with Crippen molar-refractivity contribution in [3.05, 3.63) is 102 Å². The molecule has 0 N–H and O–H groups in total. The Morgan fingerprint density at radius 1 is 0.885 bits per heavy atom. The second kappa shape index (κ2) is 7.44. The SMILES string of the molecule is COc1ccc(CN2N=C(c3ccccc3)C[C@H]2c2ccccc2)cc1. The van der Waals surface area contributed by atoms with Crippen molar-refractivity contribution in [3.8, 4) is 5.75 Å². The zero-order chi connectivity index (χ0) is 17.8. The molecule has 1 aliphatic heterocycles. The molecule has 0 bridgehead atoms. The average molecular weight is 342 g/mol. The van der Waals surface area contributed by atoms with Gasteiger partial charge in [-0.05, 0) is 28.8 Å². The van der Waals surface area contributed by atoms with Gasteiger partial charge in [0.1, 0.15) is 5.75 Å². The first-order valence-corrected chi connectivity index (χ1v) is 8.91. The zero-order valence-corrected chi connectivity index (χ0v) is 14.9. The van der Waals surface area contributed by atoms with E-state index in [0.29, 0.717) is 0 Å². The lowest BCUT2D eigenvalue weighted by atomic mass is 9.98. The first-order chi connectivity index (χ1) is 12.8. The van der Waals surface area contributed by atoms with Gasteiger partial charge in [-0.1, -0.05) is 72.8 Å². The first kappa shape index (κ1) is 16.4. The topological polar surface area (TPSA) is 24.8 Å². The number of hydrogen-bond donors (Lipinski definition) is 0. The van der Waals surface area contributed by atoms with Crippen LogP contribution in [0, 0.1) is 0 Å². The molecule has 0 fully saturated rings. The van der Waals surface area contributed by atoms with Crippen molar-refractivity contribution in [2.75, 3.05) is 7.11 Å². The molecule has 0 aromatic heterocycles. The largest absolute Gasteiger partial charge is 0.497 e. The highest BCUT2D eigenvalue weighted by atomic mass is 16.5. The van der Waals surface area contributed by atoms with Crippen LogP contribution in [0.25, 0.3) is 0 Å². The van der Waals surface area contributed by atoms with Crippen molar-refractivity contribution in [2.24, 2.45) is 5.10 Å². The lowest BCUT2D eigenvalue weighted by Crippen LogP contribution is -2.19. The number of rotatable bonds is 5. The third-order valence-corrected chi connectivity index (χ3v) is 4.79. The maximum Gasteiger partial charge on any atom is 0.118 e. The van der Waals surface area contributed by atoms with Gasteiger partial charge >= 0.3 is 0 Å². The Balaban J connectivity index is 1.63. The maximum absolute atomic E-state index is 5.26. The van der Waals surface area contributed by atoms with Gasteiger partial charge in [0.2, 0.25) is 0 Å². The fourth-order valence-electron chi connectivity index (χ4n) is 3.39. The van der Waals surface area contributed by atoms with E-state index in [4.69, 9.17) is 9.84 Å². The molecule has 3 aromatic carbocycles. The summed E-state index contributed by atoms with van der Waals surface area (Å²) in [6.07, 6.45) is 0.921. The Kier molecular flexibility index (Phi) is 4.69. The van der Waals surface area contributed by atoms with Crippen molar-refractivity contribution >= 4 is 5.71 Å². The van der Waals surface area contributed by atoms with E-state index in [-0.39, 0.29) is 6.04 Å². The molecule has 26 heavy (non-hydrogen) atoms. The second-order valence-electron chi connectivity index (χ2n) is 6.49. The van der Waals surface area contributed by atoms with Crippen molar-refractivity contribution in [1.82, 2.24) is 5.01 Å². The van der Waals surface area contributed by atoms with Crippen LogP contribution in [0.2, 0.25) is 0 Å². The van der Waals surface area contributed by atoms with Crippen LogP contribution in [-0.2, 0) is 6.54 Å². The molecule has 4 rings (SSSR count). The lowest BCUT2D eigenvalue weighted by molar-refractivity contribution is 0.224. The number of ether oxygens (including phenoxy) is 1. The Labute approximate surface area is 154 Å². The van der Waals surface area contributed by atoms with Gasteiger partial charge in [0, 0.05) is 6.42 Å². The van der Waals surface area contributed by atoms with Gasteiger partial charge in [0.15, 0.2) is 0 Å². The van der Waals surface area contributed by atoms with Crippen LogP contribution in [0.3, 0.4) is 0 Å². The van der Waals surface area contributed by atoms with Gasteiger partial charge in [-0.2, -0.15) is 5.10 Å². The maximum atomic E-state index is 5.26. The quantitative estimate of drug-likeness (QED) is 0.648. The van der Waals surface area contributed by atoms with Gasteiger partial charge in [0.25, 0.3) is 0 Å². The van der Waals surface area contributed by atoms with Crippen molar-refractivity contribution in [1.29, 1.82) is 0 Å². The number of hydrogen-bond acceptors (Lipinski definition) is 3. The van der Waals surface area contributed by atoms with Crippen molar-refractivity contribution in [2.45, 2.75) is 19.0 Å². The van der Waals surface area contributed by atoms with Crippen LogP contribution in [0.5, 0.6) is 5.75 Å². The minimum atomic E-state index is 0.258. The molecule has 3 heteroatoms. The highest BCUT2D eigenvalue weighted by molar-refractivity contribution is 6.01. The smallest absolute Gasteiger partial charge is 0.118 e. The third-order valence-electron chi connectivity index (χ3n) is 4.79. The van der Waals surface area contributed by atoms with Crippen LogP contribution in [-0.4, -0.2) is 17.8 Å². The average Bonchev–Trinajstić information content (AvgIpc) is 3.14. The Morgan fingerprint density at radius 2 is 1.54 bits per heavy atom. The molecule has 0 saturated heterocycles. The first-order valence-electron chi connectivity index (χ1n) is 8.91. The number of methoxy groups -OCH3 is 1. The molecule has 1 aliphatic rings. The highest BCUT2D eigenvalue weighted by Gasteiger charge is 2.28. The van der Waals surface area contributed by atoms with E-state index in [1.54, 1.807) is 7.11 Å². The van der Waals surface area contributed by atoms with E-state index in [1.165, 1.54) is 16.7 Å². The van der Waals surface area contributed by atoms with Crippen LogP contribution in [0.15, 0.2) is 90.0 Å². The fraction of sp³-hybridized carbons (Fsp3) is 0.174. The van der Waals surface area contributed by atoms with Crippen LogP contribution in [0.1, 0.15) is 29.2 Å². The minimum Gasteiger partial charge on any atom is -0.497 e. The summed E-state index contributed by atoms with van der Waals surface area (Å²) in [6, 6.07) is 29.6. The Morgan fingerprint density at radius 3 is 2.19 bits per heavy atom. The van der Waals surface area contributed by atoms with Crippen molar-refractivity contribution in [3.63, 3.8) is 0 Å². The zero-order valence-electron chi connectivity index (χ0n) is 14.9. The normalized spacial score (nSPS) is 16.4. The fourth-order valence-corrected chi connectivity index (χ4v) is 3.39. The summed E-state index contributed by atoms with van der Waals surface area (Å²) in [4.78, 5) is 0. The highest BCUT2D eigenvalue weighted by Crippen LogP contribution is 2.33. The van der Waals surface area contributed by atoms with E-state index in [2.05, 4.69) is 71.7 Å². The van der Waals surface area contributed by atoms with E-state index >= 15 is 0 Å². The summed E-state index contributed by atoms with van der Waals surface area (Å²) in [7, 11) is 1.69. The number of hydrazone groups is 1. The molecule has 3 nitrogen and oxygen atoms in total. The molecule has 0 radical (unpaired) electrons. The number of nitrogens with zero attached hydrogens (tertiary/aromatic N) is 2. The molecule has 1 atom stereocenters. The molecule has 0 spiro atoms. The van der Waals surface area contributed by atoms with Gasteiger partial charge in [-0.25, -0.2) is 0 Å². The molecule has 0 amide bonds. The minimum absolute atomic E-state index is 0.258. The van der Waals surface area contributed by atoms with E-state index < -0.39 is 0 Å². The summed E-state index contributed by atoms with van der Waals surface area (Å²) in [5, 5.41) is 7.18. The molecule has 0 unspecified atom stereocenters. The van der Waals surface area contributed by atoms with Gasteiger partial charge in [0.05, 0.1) is 25.4 Å². The third kappa shape index (κ3) is 3.47. The number of benzene rings is 3. The van der Waals surface area contributed by atoms with Crippen LogP contribution >= 0.6 is 0 Å². The molecule has 0 saturated carbocycles. The van der Waals surface area contributed by atoms with E-state index in [1.807, 2.05) is 18.2 Å². The van der Waals surface area contributed by atoms with E-state index in [9.17, 15) is 0 Å². The van der Waals surface area contributed by atoms with Gasteiger partial charge in [-0.3, -0.25) is 5.01 Å². The predicted octanol–water partition coefficient (Wildman–Crippen LogP) is 5.05. The summed E-state index contributed by atoms with van der Waals surface area (Å²) in [6.45, 7) is 0.778. The standard InChI is InChI=1S/C23H22N2O/c1-26-21-14-12-18(13-15-21)17-25-23(20-10-6-3-7-11-20)16-22(24-25)19-8-4-2-5-9-19/h2-15,23H,16-17H2,1H3/t23-/m0/s1. The predicted molar refractivity (Wildman–Crippen MR) is 105 cm³/mol.